The first-order valence-electron chi connectivity index (χ1n) is 6.00. The van der Waals surface area contributed by atoms with Crippen LogP contribution in [0, 0.1) is 3.57 Å². The quantitative estimate of drug-likeness (QED) is 0.822. The minimum absolute atomic E-state index is 0.216. The number of halogens is 1. The van der Waals surface area contributed by atoms with E-state index in [0.29, 0.717) is 6.54 Å². The van der Waals surface area contributed by atoms with Crippen LogP contribution in [-0.2, 0) is 0 Å². The summed E-state index contributed by atoms with van der Waals surface area (Å²) in [4.78, 5) is 0. The fourth-order valence-corrected chi connectivity index (χ4v) is 2.38. The van der Waals surface area contributed by atoms with Gasteiger partial charge in [-0.3, -0.25) is 0 Å². The van der Waals surface area contributed by atoms with Crippen molar-refractivity contribution in [1.82, 2.24) is 0 Å². The maximum absolute atomic E-state index is 6.01. The molecule has 4 heteroatoms. The third kappa shape index (κ3) is 3.39. The van der Waals surface area contributed by atoms with Gasteiger partial charge < -0.3 is 15.2 Å². The van der Waals surface area contributed by atoms with Gasteiger partial charge in [0.05, 0.1) is 10.7 Å². The van der Waals surface area contributed by atoms with Crippen LogP contribution in [0.3, 0.4) is 0 Å². The van der Waals surface area contributed by atoms with Gasteiger partial charge in [-0.1, -0.05) is 30.3 Å². The van der Waals surface area contributed by atoms with Gasteiger partial charge in [0.15, 0.2) is 0 Å². The summed E-state index contributed by atoms with van der Waals surface area (Å²) < 4.78 is 12.4. The molecule has 0 spiro atoms. The summed E-state index contributed by atoms with van der Waals surface area (Å²) in [5.41, 5.74) is 6.81. The van der Waals surface area contributed by atoms with E-state index in [4.69, 9.17) is 15.2 Å². The van der Waals surface area contributed by atoms with Gasteiger partial charge in [0.25, 0.3) is 0 Å². The maximum Gasteiger partial charge on any atom is 0.139 e. The topological polar surface area (TPSA) is 44.5 Å². The zero-order chi connectivity index (χ0) is 13.7. The minimum Gasteiger partial charge on any atom is -0.496 e. The summed E-state index contributed by atoms with van der Waals surface area (Å²) in [6, 6.07) is 15.7. The van der Waals surface area contributed by atoms with Crippen LogP contribution in [0.2, 0.25) is 0 Å². The SMILES string of the molecule is COc1ccccc1C(CN)Oc1ccccc1I. The molecule has 0 aliphatic carbocycles. The molecule has 1 atom stereocenters. The Kier molecular flexibility index (Phi) is 5.04. The van der Waals surface area contributed by atoms with Crippen LogP contribution in [0.1, 0.15) is 11.7 Å². The lowest BCUT2D eigenvalue weighted by Gasteiger charge is -2.20. The predicted octanol–water partition coefficient (Wildman–Crippen LogP) is 3.38. The molecule has 2 N–H and O–H groups in total. The highest BCUT2D eigenvalue weighted by Gasteiger charge is 2.16. The predicted molar refractivity (Wildman–Crippen MR) is 84.6 cm³/mol. The van der Waals surface area contributed by atoms with Crippen molar-refractivity contribution in [2.75, 3.05) is 13.7 Å². The molecule has 0 amide bonds. The van der Waals surface area contributed by atoms with Gasteiger partial charge >= 0.3 is 0 Å². The van der Waals surface area contributed by atoms with Gasteiger partial charge in [-0.2, -0.15) is 0 Å². The number of rotatable bonds is 5. The van der Waals surface area contributed by atoms with Crippen LogP contribution in [0.4, 0.5) is 0 Å². The van der Waals surface area contributed by atoms with E-state index in [1.807, 2.05) is 48.5 Å². The van der Waals surface area contributed by atoms with Crippen LogP contribution in [-0.4, -0.2) is 13.7 Å². The molecule has 1 unspecified atom stereocenters. The fourth-order valence-electron chi connectivity index (χ4n) is 1.86. The normalized spacial score (nSPS) is 11.9. The molecule has 3 nitrogen and oxygen atoms in total. The highest BCUT2D eigenvalue weighted by Crippen LogP contribution is 2.30. The number of nitrogens with two attached hydrogens (primary N) is 1. The summed E-state index contributed by atoms with van der Waals surface area (Å²) in [6.07, 6.45) is -0.216. The first kappa shape index (κ1) is 14.1. The van der Waals surface area contributed by atoms with E-state index >= 15 is 0 Å². The summed E-state index contributed by atoms with van der Waals surface area (Å²) in [7, 11) is 1.65. The molecule has 100 valence electrons. The molecular formula is C15H16INO2. The third-order valence-corrected chi connectivity index (χ3v) is 3.70. The van der Waals surface area contributed by atoms with Gasteiger partial charge in [0, 0.05) is 12.1 Å². The standard InChI is InChI=1S/C15H16INO2/c1-18-13-8-4-2-6-11(13)15(10-17)19-14-9-5-3-7-12(14)16/h2-9,15H,10,17H2,1H3. The van der Waals surface area contributed by atoms with Gasteiger partial charge in [-0.15, -0.1) is 0 Å². The molecule has 0 saturated heterocycles. The largest absolute Gasteiger partial charge is 0.496 e. The molecular weight excluding hydrogens is 353 g/mol. The number of methoxy groups -OCH3 is 1. The van der Waals surface area contributed by atoms with Crippen molar-refractivity contribution < 1.29 is 9.47 Å². The minimum atomic E-state index is -0.216. The van der Waals surface area contributed by atoms with Gasteiger partial charge in [0.2, 0.25) is 0 Å². The van der Waals surface area contributed by atoms with Crippen molar-refractivity contribution in [1.29, 1.82) is 0 Å². The average molecular weight is 369 g/mol. The molecule has 0 saturated carbocycles. The van der Waals surface area contributed by atoms with E-state index in [0.717, 1.165) is 20.6 Å². The lowest BCUT2D eigenvalue weighted by Crippen LogP contribution is -2.19. The Morgan fingerprint density at radius 1 is 1.05 bits per heavy atom. The molecule has 19 heavy (non-hydrogen) atoms. The van der Waals surface area contributed by atoms with Gasteiger partial charge in [-0.25, -0.2) is 0 Å². The number of benzene rings is 2. The van der Waals surface area contributed by atoms with Crippen LogP contribution >= 0.6 is 22.6 Å². The van der Waals surface area contributed by atoms with E-state index in [9.17, 15) is 0 Å². The van der Waals surface area contributed by atoms with Crippen molar-refractivity contribution in [2.24, 2.45) is 5.73 Å². The van der Waals surface area contributed by atoms with Crippen molar-refractivity contribution >= 4 is 22.6 Å². The highest BCUT2D eigenvalue weighted by atomic mass is 127. The van der Waals surface area contributed by atoms with Crippen molar-refractivity contribution in [3.63, 3.8) is 0 Å². The molecule has 0 aromatic heterocycles. The van der Waals surface area contributed by atoms with Crippen molar-refractivity contribution in [3.05, 3.63) is 57.7 Å². The Morgan fingerprint density at radius 3 is 2.32 bits per heavy atom. The van der Waals surface area contributed by atoms with E-state index in [-0.39, 0.29) is 6.10 Å². The summed E-state index contributed by atoms with van der Waals surface area (Å²) in [5.74, 6) is 1.63. The Balaban J connectivity index is 2.28. The zero-order valence-electron chi connectivity index (χ0n) is 10.7. The van der Waals surface area contributed by atoms with Crippen LogP contribution in [0.5, 0.6) is 11.5 Å². The van der Waals surface area contributed by atoms with E-state index in [2.05, 4.69) is 22.6 Å². The van der Waals surface area contributed by atoms with E-state index < -0.39 is 0 Å². The molecule has 0 aliphatic heterocycles. The maximum atomic E-state index is 6.01. The lowest BCUT2D eigenvalue weighted by molar-refractivity contribution is 0.207. The van der Waals surface area contributed by atoms with Gasteiger partial charge in [0.1, 0.15) is 17.6 Å². The van der Waals surface area contributed by atoms with E-state index in [1.54, 1.807) is 7.11 Å². The second-order valence-electron chi connectivity index (χ2n) is 4.01. The van der Waals surface area contributed by atoms with Crippen LogP contribution < -0.4 is 15.2 Å². The molecule has 0 radical (unpaired) electrons. The lowest BCUT2D eigenvalue weighted by atomic mass is 10.1. The first-order valence-corrected chi connectivity index (χ1v) is 7.08. The number of hydrogen-bond donors (Lipinski definition) is 1. The monoisotopic (exact) mass is 369 g/mol. The van der Waals surface area contributed by atoms with Crippen LogP contribution in [0.15, 0.2) is 48.5 Å². The first-order chi connectivity index (χ1) is 9.26. The Hall–Kier alpha value is -1.27. The average Bonchev–Trinajstić information content (AvgIpc) is 2.46. The summed E-state index contributed by atoms with van der Waals surface area (Å²) >= 11 is 2.25. The number of hydrogen-bond acceptors (Lipinski definition) is 3. The number of para-hydroxylation sites is 2. The van der Waals surface area contributed by atoms with E-state index in [1.165, 1.54) is 0 Å². The van der Waals surface area contributed by atoms with Gasteiger partial charge in [-0.05, 0) is 40.8 Å². The fraction of sp³-hybridized carbons (Fsp3) is 0.200. The molecule has 0 bridgehead atoms. The Labute approximate surface area is 126 Å². The molecule has 0 aliphatic rings. The zero-order valence-corrected chi connectivity index (χ0v) is 12.8. The molecule has 0 heterocycles. The third-order valence-electron chi connectivity index (χ3n) is 2.81. The van der Waals surface area contributed by atoms with Crippen molar-refractivity contribution in [2.45, 2.75) is 6.10 Å². The molecule has 2 aromatic carbocycles. The second kappa shape index (κ2) is 6.77. The highest BCUT2D eigenvalue weighted by molar-refractivity contribution is 14.1. The second-order valence-corrected chi connectivity index (χ2v) is 5.18. The van der Waals surface area contributed by atoms with Crippen molar-refractivity contribution in [3.8, 4) is 11.5 Å². The smallest absolute Gasteiger partial charge is 0.139 e. The van der Waals surface area contributed by atoms with Crippen LogP contribution in [0.25, 0.3) is 0 Å². The Bertz CT molecular complexity index is 545. The molecule has 2 rings (SSSR count). The summed E-state index contributed by atoms with van der Waals surface area (Å²) in [5, 5.41) is 0. The molecule has 0 fully saturated rings. The molecule has 2 aromatic rings. The Morgan fingerprint density at radius 2 is 1.68 bits per heavy atom. The number of ether oxygens (including phenoxy) is 2. The summed E-state index contributed by atoms with van der Waals surface area (Å²) in [6.45, 7) is 0.394.